The lowest BCUT2D eigenvalue weighted by Gasteiger charge is -1.89. The molecule has 0 saturated carbocycles. The molecule has 0 spiro atoms. The first-order valence-electron chi connectivity index (χ1n) is 1.72. The molecule has 0 unspecified atom stereocenters. The van der Waals surface area contributed by atoms with Crippen molar-refractivity contribution in [3.63, 3.8) is 0 Å². The van der Waals surface area contributed by atoms with Crippen LogP contribution in [0.15, 0.2) is 0 Å². The van der Waals surface area contributed by atoms with E-state index in [1.807, 2.05) is 0 Å². The summed E-state index contributed by atoms with van der Waals surface area (Å²) in [7, 11) is 1.66. The Balaban J connectivity index is -0.0000000417. The molecule has 0 atom stereocenters. The zero-order chi connectivity index (χ0) is 4.83. The van der Waals surface area contributed by atoms with E-state index in [0.29, 0.717) is 0 Å². The second-order valence-corrected chi connectivity index (χ2v) is 1.61. The molecule has 0 aliphatic heterocycles. The average Bonchev–Trinajstić information content (AvgIpc) is 1.61. The smallest absolute Gasteiger partial charge is 0.0565 e. The Labute approximate surface area is 56.4 Å². The van der Waals surface area contributed by atoms with E-state index in [0.717, 1.165) is 12.4 Å². The predicted octanol–water partition coefficient (Wildman–Crippen LogP) is 0.697. The predicted molar refractivity (Wildman–Crippen MR) is 36.0 cm³/mol. The van der Waals surface area contributed by atoms with Gasteiger partial charge in [-0.25, -0.2) is 0 Å². The average molecular weight is 167 g/mol. The Bertz CT molecular complexity index is 31.0. The first kappa shape index (κ1) is 23.0. The van der Waals surface area contributed by atoms with Gasteiger partial charge in [0.2, 0.25) is 0 Å². The monoisotopic (exact) mass is 167 g/mol. The molecule has 2 N–H and O–H groups in total. The topological polar surface area (TPSA) is 35.2 Å². The summed E-state index contributed by atoms with van der Waals surface area (Å²) in [6.07, 6.45) is 0. The summed E-state index contributed by atoms with van der Waals surface area (Å²) in [4.78, 5) is 0. The van der Waals surface area contributed by atoms with Gasteiger partial charge in [-0.3, -0.25) is 19.3 Å². The van der Waals surface area contributed by atoms with Gasteiger partial charge in [0.25, 0.3) is 0 Å². The Morgan fingerprint density at radius 2 is 1.78 bits per heavy atom. The van der Waals surface area contributed by atoms with Crippen LogP contribution in [0.3, 0.4) is 0 Å². The summed E-state index contributed by atoms with van der Waals surface area (Å²) >= 11 is 1.30. The van der Waals surface area contributed by atoms with E-state index in [2.05, 4.69) is 4.74 Å². The van der Waals surface area contributed by atoms with Crippen LogP contribution in [0.2, 0.25) is 0 Å². The van der Waals surface area contributed by atoms with Gasteiger partial charge in [-0.15, -0.1) is 0 Å². The minimum atomic E-state index is 0. The van der Waals surface area contributed by atoms with E-state index >= 15 is 0 Å². The molecule has 0 saturated heterocycles. The summed E-state index contributed by atoms with van der Waals surface area (Å²) in [6, 6.07) is 0. The van der Waals surface area contributed by atoms with Crippen LogP contribution in [0, 0.1) is 0 Å². The molecule has 0 amide bonds. The molecule has 0 heterocycles. The van der Waals surface area contributed by atoms with Crippen molar-refractivity contribution in [1.82, 2.24) is 0 Å². The molecule has 0 aromatic heterocycles. The van der Waals surface area contributed by atoms with Crippen LogP contribution in [-0.4, -0.2) is 19.5 Å². The number of halogens is 3. The fourth-order valence-electron chi connectivity index (χ4n) is 0.131. The van der Waals surface area contributed by atoms with Gasteiger partial charge in [-0.1, -0.05) is 11.9 Å². The van der Waals surface area contributed by atoms with Crippen molar-refractivity contribution in [2.75, 3.05) is 19.5 Å². The van der Waals surface area contributed by atoms with Crippen LogP contribution in [0.1, 0.15) is 0 Å². The maximum atomic E-state index is 5.05. The van der Waals surface area contributed by atoms with Crippen molar-refractivity contribution >= 4 is 11.9 Å². The third-order valence-electron chi connectivity index (χ3n) is 0.405. The van der Waals surface area contributed by atoms with Crippen molar-refractivity contribution in [3.8, 4) is 0 Å². The summed E-state index contributed by atoms with van der Waals surface area (Å²) in [5.41, 5.74) is 0. The molecule has 0 fully saturated rings. The third-order valence-corrected chi connectivity index (χ3v) is 0.808. The molecule has 0 aliphatic carbocycles. The molecule has 0 aliphatic rings. The molecule has 0 aromatic carbocycles. The molecule has 6 heteroatoms. The van der Waals surface area contributed by atoms with Gasteiger partial charge in [-0.05, 0) is 0 Å². The van der Waals surface area contributed by atoms with Crippen molar-refractivity contribution in [2.45, 2.75) is 0 Å². The summed E-state index contributed by atoms with van der Waals surface area (Å²) < 4.78 is 4.68. The SMILES string of the molecule is COCCSN.F.F.F. The highest BCUT2D eigenvalue weighted by molar-refractivity contribution is 7.97. The summed E-state index contributed by atoms with van der Waals surface area (Å²) in [5.74, 6) is 0.885. The van der Waals surface area contributed by atoms with Gasteiger partial charge in [0.15, 0.2) is 0 Å². The van der Waals surface area contributed by atoms with Gasteiger partial charge in [0.05, 0.1) is 6.61 Å². The highest BCUT2D eigenvalue weighted by Crippen LogP contribution is 1.81. The van der Waals surface area contributed by atoms with E-state index < -0.39 is 0 Å². The quantitative estimate of drug-likeness (QED) is 0.496. The number of nitrogens with two attached hydrogens (primary N) is 1. The summed E-state index contributed by atoms with van der Waals surface area (Å²) in [6.45, 7) is 0.751. The Kier molecular flexibility index (Phi) is 62.3. The molecule has 0 bridgehead atoms. The largest absolute Gasteiger partial charge is 0.384 e. The van der Waals surface area contributed by atoms with Crippen molar-refractivity contribution in [2.24, 2.45) is 5.14 Å². The van der Waals surface area contributed by atoms with Gasteiger partial charge in [0.1, 0.15) is 0 Å². The molecule has 62 valence electrons. The maximum Gasteiger partial charge on any atom is 0.0565 e. The van der Waals surface area contributed by atoms with Crippen LogP contribution in [0.25, 0.3) is 0 Å². The van der Waals surface area contributed by atoms with Gasteiger partial charge >= 0.3 is 0 Å². The van der Waals surface area contributed by atoms with Crippen molar-refractivity contribution in [3.05, 3.63) is 0 Å². The number of ether oxygens (including phenoxy) is 1. The second-order valence-electron chi connectivity index (χ2n) is 0.864. The normalized spacial score (nSPS) is 6.00. The standard InChI is InChI=1S/C3H9NOS.3FH/c1-5-2-3-6-4;;;/h2-4H2,1H3;3*1H. The Morgan fingerprint density at radius 3 is 1.89 bits per heavy atom. The molecular weight excluding hydrogens is 155 g/mol. The maximum absolute atomic E-state index is 5.05. The fourth-order valence-corrected chi connectivity index (χ4v) is 0.394. The van der Waals surface area contributed by atoms with E-state index in [1.54, 1.807) is 7.11 Å². The fraction of sp³-hybridized carbons (Fsp3) is 1.00. The van der Waals surface area contributed by atoms with Crippen LogP contribution in [0.5, 0.6) is 0 Å². The van der Waals surface area contributed by atoms with Crippen molar-refractivity contribution < 1.29 is 18.9 Å². The number of rotatable bonds is 3. The van der Waals surface area contributed by atoms with E-state index in [-0.39, 0.29) is 14.1 Å². The minimum absolute atomic E-state index is 0. The lowest BCUT2D eigenvalue weighted by molar-refractivity contribution is 0.218. The first-order valence-corrected chi connectivity index (χ1v) is 2.77. The number of methoxy groups -OCH3 is 1. The summed E-state index contributed by atoms with van der Waals surface area (Å²) in [5, 5.41) is 5.05. The Hall–Kier alpha value is 0.0600. The molecule has 2 nitrogen and oxygen atoms in total. The van der Waals surface area contributed by atoms with Crippen LogP contribution >= 0.6 is 11.9 Å². The van der Waals surface area contributed by atoms with Crippen molar-refractivity contribution in [1.29, 1.82) is 0 Å². The van der Waals surface area contributed by atoms with Crippen LogP contribution in [-0.2, 0) is 4.74 Å². The minimum Gasteiger partial charge on any atom is -0.384 e. The molecule has 9 heavy (non-hydrogen) atoms. The lowest BCUT2D eigenvalue weighted by Crippen LogP contribution is -1.93. The zero-order valence-corrected chi connectivity index (χ0v) is 5.85. The zero-order valence-electron chi connectivity index (χ0n) is 5.03. The van der Waals surface area contributed by atoms with Crippen LogP contribution in [0.4, 0.5) is 14.1 Å². The highest BCUT2D eigenvalue weighted by Gasteiger charge is 1.75. The molecule has 0 aromatic rings. The second kappa shape index (κ2) is 24.4. The van der Waals surface area contributed by atoms with E-state index in [4.69, 9.17) is 5.14 Å². The first-order chi connectivity index (χ1) is 2.91. The van der Waals surface area contributed by atoms with Crippen LogP contribution < -0.4 is 5.14 Å². The molecule has 0 radical (unpaired) electrons. The number of hydrogen-bond acceptors (Lipinski definition) is 3. The Morgan fingerprint density at radius 1 is 1.33 bits per heavy atom. The van der Waals surface area contributed by atoms with E-state index in [9.17, 15) is 0 Å². The van der Waals surface area contributed by atoms with Gasteiger partial charge < -0.3 is 4.74 Å². The third kappa shape index (κ3) is 31.6. The van der Waals surface area contributed by atoms with E-state index in [1.165, 1.54) is 11.9 Å². The lowest BCUT2D eigenvalue weighted by atomic mass is 10.9. The highest BCUT2D eigenvalue weighted by atomic mass is 32.2. The van der Waals surface area contributed by atoms with Gasteiger partial charge in [0, 0.05) is 12.9 Å². The molecular formula is C3H12F3NOS. The van der Waals surface area contributed by atoms with Gasteiger partial charge in [-0.2, -0.15) is 0 Å². The number of hydrogen-bond donors (Lipinski definition) is 1. The molecule has 0 rings (SSSR count).